The second-order valence-electron chi connectivity index (χ2n) is 5.55. The number of hydrogen-bond acceptors (Lipinski definition) is 4. The molecule has 2 heterocycles. The maximum atomic E-state index is 12.9. The molecule has 2 aromatic heterocycles. The number of amides is 2. The van der Waals surface area contributed by atoms with Gasteiger partial charge in [-0.2, -0.15) is 0 Å². The Balaban J connectivity index is 1.72. The summed E-state index contributed by atoms with van der Waals surface area (Å²) in [5.41, 5.74) is 1.04. The smallest absolute Gasteiger partial charge is 0.259 e. The van der Waals surface area contributed by atoms with E-state index in [9.17, 15) is 9.59 Å². The van der Waals surface area contributed by atoms with Gasteiger partial charge in [0.1, 0.15) is 5.00 Å². The molecule has 0 fully saturated rings. The van der Waals surface area contributed by atoms with Crippen LogP contribution < -0.4 is 10.6 Å². The maximum absolute atomic E-state index is 12.9. The number of nitrogens with one attached hydrogen (secondary N) is 2. The van der Waals surface area contributed by atoms with E-state index in [0.717, 1.165) is 15.1 Å². The summed E-state index contributed by atoms with van der Waals surface area (Å²) in [5.74, 6) is -0.462. The first kappa shape index (κ1) is 16.5. The summed E-state index contributed by atoms with van der Waals surface area (Å²) >= 11 is 2.85. The minimum absolute atomic E-state index is 0.228. The van der Waals surface area contributed by atoms with Crippen LogP contribution in [-0.2, 0) is 0 Å². The average Bonchev–Trinajstić information content (AvgIpc) is 3.29. The number of carbonyl (C=O) groups excluding carboxylic acids is 2. The van der Waals surface area contributed by atoms with Crippen molar-refractivity contribution in [2.24, 2.45) is 0 Å². The largest absolute Gasteiger partial charge is 0.313 e. The van der Waals surface area contributed by atoms with E-state index in [1.165, 1.54) is 22.7 Å². The normalized spacial score (nSPS) is 10.6. The molecule has 4 nitrogen and oxygen atoms in total. The molecule has 4 aromatic rings. The molecule has 128 valence electrons. The van der Waals surface area contributed by atoms with Crippen molar-refractivity contribution in [1.82, 2.24) is 0 Å². The van der Waals surface area contributed by atoms with E-state index < -0.39 is 0 Å². The number of benzene rings is 2. The molecular weight excluding hydrogens is 364 g/mol. The van der Waals surface area contributed by atoms with E-state index in [1.807, 2.05) is 60.0 Å². The minimum atomic E-state index is -0.234. The molecule has 0 bridgehead atoms. The second-order valence-corrected chi connectivity index (χ2v) is 7.55. The topological polar surface area (TPSA) is 58.2 Å². The van der Waals surface area contributed by atoms with Gasteiger partial charge < -0.3 is 10.6 Å². The molecule has 6 heteroatoms. The summed E-state index contributed by atoms with van der Waals surface area (Å²) < 4.78 is 0.951. The molecule has 0 saturated carbocycles. The zero-order valence-corrected chi connectivity index (χ0v) is 15.2. The van der Waals surface area contributed by atoms with Gasteiger partial charge in [-0.15, -0.1) is 22.7 Å². The van der Waals surface area contributed by atoms with Crippen LogP contribution in [0.1, 0.15) is 20.7 Å². The van der Waals surface area contributed by atoms with Crippen LogP contribution in [0, 0.1) is 0 Å². The lowest BCUT2D eigenvalue weighted by Gasteiger charge is -2.07. The van der Waals surface area contributed by atoms with Crippen LogP contribution >= 0.6 is 22.7 Å². The van der Waals surface area contributed by atoms with Crippen molar-refractivity contribution in [2.45, 2.75) is 0 Å². The summed E-state index contributed by atoms with van der Waals surface area (Å²) in [4.78, 5) is 25.4. The van der Waals surface area contributed by atoms with Gasteiger partial charge in [-0.1, -0.05) is 36.4 Å². The van der Waals surface area contributed by atoms with Crippen LogP contribution in [0.3, 0.4) is 0 Å². The van der Waals surface area contributed by atoms with Crippen molar-refractivity contribution in [3.8, 4) is 0 Å². The molecule has 0 radical (unpaired) electrons. The first-order valence-corrected chi connectivity index (χ1v) is 9.65. The Morgan fingerprint density at radius 3 is 2.31 bits per heavy atom. The monoisotopic (exact) mass is 378 g/mol. The summed E-state index contributed by atoms with van der Waals surface area (Å²) in [6.07, 6.45) is 0. The Labute approximate surface area is 158 Å². The van der Waals surface area contributed by atoms with Crippen LogP contribution in [0.5, 0.6) is 0 Å². The highest BCUT2D eigenvalue weighted by atomic mass is 32.1. The van der Waals surface area contributed by atoms with Crippen molar-refractivity contribution in [2.75, 3.05) is 10.6 Å². The van der Waals surface area contributed by atoms with Crippen molar-refractivity contribution in [1.29, 1.82) is 0 Å². The Hall–Kier alpha value is -2.96. The molecule has 0 atom stereocenters. The molecule has 0 aliphatic carbocycles. The third kappa shape index (κ3) is 3.24. The highest BCUT2D eigenvalue weighted by Crippen LogP contribution is 2.36. The number of anilines is 2. The zero-order valence-electron chi connectivity index (χ0n) is 13.6. The third-order valence-corrected chi connectivity index (χ3v) is 5.72. The maximum Gasteiger partial charge on any atom is 0.259 e. The van der Waals surface area contributed by atoms with Gasteiger partial charge in [-0.25, -0.2) is 0 Å². The fraction of sp³-hybridized carbons (Fsp3) is 0. The number of thiophene rings is 2. The first-order chi connectivity index (χ1) is 12.7. The molecule has 0 spiro atoms. The van der Waals surface area contributed by atoms with Crippen molar-refractivity contribution < 1.29 is 9.59 Å². The Kier molecular flexibility index (Phi) is 4.51. The SMILES string of the molecule is O=C(Nc1sc2ccccc2c1C(=O)Nc1cccs1)c1ccccc1. The van der Waals surface area contributed by atoms with Gasteiger partial charge in [0.25, 0.3) is 11.8 Å². The fourth-order valence-corrected chi connectivity index (χ4v) is 4.36. The predicted octanol–water partition coefficient (Wildman–Crippen LogP) is 5.47. The van der Waals surface area contributed by atoms with Gasteiger partial charge in [0.2, 0.25) is 0 Å². The van der Waals surface area contributed by atoms with E-state index in [1.54, 1.807) is 12.1 Å². The Bertz CT molecular complexity index is 1070. The van der Waals surface area contributed by atoms with E-state index in [-0.39, 0.29) is 11.8 Å². The molecule has 0 aliphatic heterocycles. The second kappa shape index (κ2) is 7.11. The summed E-state index contributed by atoms with van der Waals surface area (Å²) in [7, 11) is 0. The van der Waals surface area contributed by atoms with Crippen LogP contribution in [0.4, 0.5) is 10.0 Å². The van der Waals surface area contributed by atoms with E-state index >= 15 is 0 Å². The lowest BCUT2D eigenvalue weighted by atomic mass is 10.1. The summed E-state index contributed by atoms with van der Waals surface area (Å²) in [5, 5.41) is 9.85. The van der Waals surface area contributed by atoms with Crippen molar-refractivity contribution in [3.63, 3.8) is 0 Å². The fourth-order valence-electron chi connectivity index (χ4n) is 2.65. The standard InChI is InChI=1S/C20H14N2O2S2/c23-18(13-7-2-1-3-8-13)22-20-17(14-9-4-5-10-15(14)26-20)19(24)21-16-11-6-12-25-16/h1-12H,(H,21,24)(H,22,23). The van der Waals surface area contributed by atoms with Gasteiger partial charge in [0.15, 0.2) is 0 Å². The Morgan fingerprint density at radius 2 is 1.54 bits per heavy atom. The molecule has 2 aromatic carbocycles. The summed E-state index contributed by atoms with van der Waals surface area (Å²) in [6.45, 7) is 0. The molecule has 2 N–H and O–H groups in total. The van der Waals surface area contributed by atoms with Gasteiger partial charge in [0, 0.05) is 15.6 Å². The van der Waals surface area contributed by atoms with Gasteiger partial charge in [-0.3, -0.25) is 9.59 Å². The first-order valence-electron chi connectivity index (χ1n) is 7.95. The number of carbonyl (C=O) groups is 2. The van der Waals surface area contributed by atoms with Gasteiger partial charge >= 0.3 is 0 Å². The average molecular weight is 378 g/mol. The van der Waals surface area contributed by atoms with Gasteiger partial charge in [-0.05, 0) is 35.7 Å². The number of rotatable bonds is 4. The van der Waals surface area contributed by atoms with Crippen molar-refractivity contribution in [3.05, 3.63) is 83.2 Å². The van der Waals surface area contributed by atoms with Gasteiger partial charge in [0.05, 0.1) is 10.6 Å². The molecule has 0 unspecified atom stereocenters. The van der Waals surface area contributed by atoms with Crippen LogP contribution in [0.2, 0.25) is 0 Å². The number of hydrogen-bond donors (Lipinski definition) is 2. The highest BCUT2D eigenvalue weighted by Gasteiger charge is 2.21. The molecule has 26 heavy (non-hydrogen) atoms. The lowest BCUT2D eigenvalue weighted by molar-refractivity contribution is 0.102. The van der Waals surface area contributed by atoms with E-state index in [2.05, 4.69) is 10.6 Å². The van der Waals surface area contributed by atoms with Crippen LogP contribution in [-0.4, -0.2) is 11.8 Å². The molecule has 0 aliphatic rings. The molecule has 2 amide bonds. The molecule has 0 saturated heterocycles. The minimum Gasteiger partial charge on any atom is -0.313 e. The molecular formula is C20H14N2O2S2. The molecule has 4 rings (SSSR count). The van der Waals surface area contributed by atoms with E-state index in [4.69, 9.17) is 0 Å². The third-order valence-electron chi connectivity index (χ3n) is 3.84. The van der Waals surface area contributed by atoms with Crippen LogP contribution in [0.15, 0.2) is 72.1 Å². The zero-order chi connectivity index (χ0) is 17.9. The van der Waals surface area contributed by atoms with Crippen molar-refractivity contribution >= 4 is 54.6 Å². The predicted molar refractivity (Wildman–Crippen MR) is 108 cm³/mol. The van der Waals surface area contributed by atoms with Crippen LogP contribution in [0.25, 0.3) is 10.1 Å². The lowest BCUT2D eigenvalue weighted by Crippen LogP contribution is -2.16. The quantitative estimate of drug-likeness (QED) is 0.495. The number of fused-ring (bicyclic) bond motifs is 1. The highest BCUT2D eigenvalue weighted by molar-refractivity contribution is 7.23. The summed E-state index contributed by atoms with van der Waals surface area (Å²) in [6, 6.07) is 20.3. The van der Waals surface area contributed by atoms with E-state index in [0.29, 0.717) is 16.1 Å². The Morgan fingerprint density at radius 1 is 0.769 bits per heavy atom.